The summed E-state index contributed by atoms with van der Waals surface area (Å²) >= 11 is 0. The maximum Gasteiger partial charge on any atom is 0.187 e. The molecule has 2 bridgehead atoms. The van der Waals surface area contributed by atoms with Crippen molar-refractivity contribution < 1.29 is 29.6 Å². The molecule has 2 heterocycles. The smallest absolute Gasteiger partial charge is 0.187 e. The van der Waals surface area contributed by atoms with Crippen LogP contribution < -0.4 is 0 Å². The molecular weight excluding hydrogens is 276 g/mol. The Bertz CT molecular complexity index is 552. The number of epoxide rings is 1. The Kier molecular flexibility index (Phi) is 2.47. The zero-order valence-electron chi connectivity index (χ0n) is 12.1. The van der Waals surface area contributed by atoms with Gasteiger partial charge in [-0.3, -0.25) is 4.79 Å². The van der Waals surface area contributed by atoms with E-state index in [0.29, 0.717) is 18.6 Å². The van der Waals surface area contributed by atoms with Gasteiger partial charge in [-0.25, -0.2) is 0 Å². The fourth-order valence-corrected chi connectivity index (χ4v) is 5.02. The predicted molar refractivity (Wildman–Crippen MR) is 70.4 cm³/mol. The van der Waals surface area contributed by atoms with Crippen LogP contribution in [0.15, 0.2) is 11.6 Å². The van der Waals surface area contributed by atoms with E-state index in [0.717, 1.165) is 0 Å². The quantitative estimate of drug-likeness (QED) is 0.546. The molecule has 3 fully saturated rings. The second kappa shape index (κ2) is 3.75. The number of ether oxygens (including phenoxy) is 2. The van der Waals surface area contributed by atoms with Crippen molar-refractivity contribution in [2.75, 3.05) is 13.2 Å². The summed E-state index contributed by atoms with van der Waals surface area (Å²) in [7, 11) is 0. The van der Waals surface area contributed by atoms with Crippen molar-refractivity contribution in [1.29, 1.82) is 0 Å². The van der Waals surface area contributed by atoms with E-state index in [1.54, 1.807) is 13.0 Å². The summed E-state index contributed by atoms with van der Waals surface area (Å²) in [4.78, 5) is 12.3. The van der Waals surface area contributed by atoms with Crippen LogP contribution in [0.3, 0.4) is 0 Å². The third-order valence-corrected chi connectivity index (χ3v) is 6.43. The predicted octanol–water partition coefficient (Wildman–Crippen LogP) is -0.838. The summed E-state index contributed by atoms with van der Waals surface area (Å²) < 4.78 is 11.6. The molecule has 6 nitrogen and oxygen atoms in total. The highest BCUT2D eigenvalue weighted by atomic mass is 16.6. The zero-order chi connectivity index (χ0) is 15.2. The number of ketones is 1. The van der Waals surface area contributed by atoms with E-state index in [4.69, 9.17) is 9.47 Å². The van der Waals surface area contributed by atoms with Gasteiger partial charge >= 0.3 is 0 Å². The third kappa shape index (κ3) is 1.22. The number of aliphatic hydroxyl groups excluding tert-OH is 3. The first-order chi connectivity index (χ1) is 9.84. The molecular formula is C15H20O6. The van der Waals surface area contributed by atoms with Gasteiger partial charge in [0, 0.05) is 5.41 Å². The lowest BCUT2D eigenvalue weighted by Crippen LogP contribution is -2.70. The largest absolute Gasteiger partial charge is 0.396 e. The van der Waals surface area contributed by atoms with Gasteiger partial charge in [0.15, 0.2) is 5.78 Å². The van der Waals surface area contributed by atoms with E-state index < -0.39 is 47.5 Å². The number of carbonyl (C=O) groups excluding carboxylic acids is 1. The fraction of sp³-hybridized carbons (Fsp3) is 0.800. The van der Waals surface area contributed by atoms with Gasteiger partial charge in [0.2, 0.25) is 0 Å². The molecule has 1 spiro atoms. The molecule has 0 aromatic rings. The summed E-state index contributed by atoms with van der Waals surface area (Å²) in [5.74, 6) is -0.388. The Morgan fingerprint density at radius 1 is 1.43 bits per heavy atom. The number of hydrogen-bond donors (Lipinski definition) is 3. The minimum Gasteiger partial charge on any atom is -0.396 e. The maximum atomic E-state index is 12.3. The number of carbonyl (C=O) groups is 1. The number of hydrogen-bond acceptors (Lipinski definition) is 6. The average Bonchev–Trinajstić information content (AvgIpc) is 3.20. The van der Waals surface area contributed by atoms with Crippen molar-refractivity contribution >= 4 is 5.78 Å². The van der Waals surface area contributed by atoms with Crippen molar-refractivity contribution in [3.05, 3.63) is 11.6 Å². The van der Waals surface area contributed by atoms with E-state index in [1.807, 2.05) is 6.92 Å². The standard InChI is InChI=1S/C15H20O6/c1-7-3-9-14(5-16,11(19)10(7)18)13(2)4-8(17)12(21-9)15(13)6-20-15/h3,8-9,11-12,16-17,19H,4-6H2,1-2H3/t8-,9+,11-,12+,13-,14-,15-/m1/s1. The molecule has 7 atom stereocenters. The van der Waals surface area contributed by atoms with Crippen LogP contribution in [0, 0.1) is 10.8 Å². The maximum absolute atomic E-state index is 12.3. The van der Waals surface area contributed by atoms with Crippen LogP contribution in [-0.4, -0.2) is 64.3 Å². The Morgan fingerprint density at radius 3 is 2.67 bits per heavy atom. The summed E-state index contributed by atoms with van der Waals surface area (Å²) in [5.41, 5.74) is -2.16. The molecule has 2 saturated heterocycles. The SMILES string of the molecule is CC1=C[C@@H]2O[C@H]3[C@H](O)C[C@](C)([C@@]2(CO)[C@H](O)C1=O)[C@@]31CO1. The third-order valence-electron chi connectivity index (χ3n) is 6.43. The Hall–Kier alpha value is -0.790. The molecule has 2 aliphatic heterocycles. The number of aliphatic hydroxyl groups is 3. The first kappa shape index (κ1) is 13.8. The van der Waals surface area contributed by atoms with Crippen molar-refractivity contribution in [1.82, 2.24) is 0 Å². The zero-order valence-corrected chi connectivity index (χ0v) is 12.1. The van der Waals surface area contributed by atoms with Gasteiger partial charge in [-0.15, -0.1) is 0 Å². The van der Waals surface area contributed by atoms with Crippen LogP contribution in [0.5, 0.6) is 0 Å². The molecule has 0 unspecified atom stereocenters. The summed E-state index contributed by atoms with van der Waals surface area (Å²) in [6, 6.07) is 0. The number of fused-ring (bicyclic) bond motifs is 2. The van der Waals surface area contributed by atoms with Crippen LogP contribution in [0.1, 0.15) is 20.3 Å². The minimum atomic E-state index is -1.35. The molecule has 0 aromatic carbocycles. The van der Waals surface area contributed by atoms with E-state index in [2.05, 4.69) is 0 Å². The lowest BCUT2D eigenvalue weighted by atomic mass is 9.50. The lowest BCUT2D eigenvalue weighted by molar-refractivity contribution is -0.244. The first-order valence-corrected chi connectivity index (χ1v) is 7.33. The Morgan fingerprint density at radius 2 is 2.10 bits per heavy atom. The van der Waals surface area contributed by atoms with Crippen LogP contribution in [-0.2, 0) is 14.3 Å². The molecule has 6 heteroatoms. The molecule has 0 radical (unpaired) electrons. The van der Waals surface area contributed by atoms with Crippen molar-refractivity contribution in [2.45, 2.75) is 50.3 Å². The van der Waals surface area contributed by atoms with Gasteiger partial charge in [0.1, 0.15) is 17.8 Å². The number of rotatable bonds is 1. The monoisotopic (exact) mass is 296 g/mol. The lowest BCUT2D eigenvalue weighted by Gasteiger charge is -2.58. The van der Waals surface area contributed by atoms with Crippen molar-refractivity contribution in [2.24, 2.45) is 10.8 Å². The highest BCUT2D eigenvalue weighted by molar-refractivity contribution is 6.00. The Labute approximate surface area is 122 Å². The topological polar surface area (TPSA) is 99.5 Å². The van der Waals surface area contributed by atoms with Gasteiger partial charge in [-0.05, 0) is 25.0 Å². The highest BCUT2D eigenvalue weighted by Gasteiger charge is 2.83. The summed E-state index contributed by atoms with van der Waals surface area (Å²) in [6.45, 7) is 3.55. The first-order valence-electron chi connectivity index (χ1n) is 7.33. The molecule has 21 heavy (non-hydrogen) atoms. The molecule has 0 amide bonds. The fourth-order valence-electron chi connectivity index (χ4n) is 5.02. The second-order valence-corrected chi connectivity index (χ2v) is 7.07. The highest BCUT2D eigenvalue weighted by Crippen LogP contribution is 2.70. The molecule has 4 rings (SSSR count). The second-order valence-electron chi connectivity index (χ2n) is 7.07. The molecule has 0 aromatic heterocycles. The molecule has 3 N–H and O–H groups in total. The van der Waals surface area contributed by atoms with Crippen LogP contribution >= 0.6 is 0 Å². The van der Waals surface area contributed by atoms with Crippen LogP contribution in [0.2, 0.25) is 0 Å². The van der Waals surface area contributed by atoms with E-state index in [-0.39, 0.29) is 5.78 Å². The van der Waals surface area contributed by atoms with Gasteiger partial charge in [0.05, 0.1) is 30.8 Å². The molecule has 2 aliphatic carbocycles. The molecule has 4 aliphatic rings. The summed E-state index contributed by atoms with van der Waals surface area (Å²) in [5, 5.41) is 31.1. The normalized spacial score (nSPS) is 58.1. The number of Topliss-reactive ketones (excluding diaryl/α,β-unsaturated/α-hetero) is 1. The summed E-state index contributed by atoms with van der Waals surface area (Å²) in [6.07, 6.45) is -1.14. The van der Waals surface area contributed by atoms with Gasteiger partial charge in [0.25, 0.3) is 0 Å². The van der Waals surface area contributed by atoms with Gasteiger partial charge < -0.3 is 24.8 Å². The van der Waals surface area contributed by atoms with E-state index >= 15 is 0 Å². The van der Waals surface area contributed by atoms with Crippen LogP contribution in [0.25, 0.3) is 0 Å². The van der Waals surface area contributed by atoms with Crippen molar-refractivity contribution in [3.8, 4) is 0 Å². The minimum absolute atomic E-state index is 0.339. The van der Waals surface area contributed by atoms with E-state index in [1.165, 1.54) is 0 Å². The average molecular weight is 296 g/mol. The van der Waals surface area contributed by atoms with Crippen LogP contribution in [0.4, 0.5) is 0 Å². The van der Waals surface area contributed by atoms with Crippen molar-refractivity contribution in [3.63, 3.8) is 0 Å². The Balaban J connectivity index is 1.95. The molecule has 1 saturated carbocycles. The van der Waals surface area contributed by atoms with Gasteiger partial charge in [-0.2, -0.15) is 0 Å². The molecule has 116 valence electrons. The van der Waals surface area contributed by atoms with Gasteiger partial charge in [-0.1, -0.05) is 6.92 Å². The van der Waals surface area contributed by atoms with E-state index in [9.17, 15) is 20.1 Å².